The Morgan fingerprint density at radius 3 is 2.52 bits per heavy atom. The number of benzene rings is 3. The fraction of sp³-hybridized carbons (Fsp3) is 0.312. The molecule has 0 radical (unpaired) electrons. The summed E-state index contributed by atoms with van der Waals surface area (Å²) in [5.41, 5.74) is 1.60. The lowest BCUT2D eigenvalue weighted by Gasteiger charge is -2.26. The summed E-state index contributed by atoms with van der Waals surface area (Å²) in [6.07, 6.45) is 0.621. The quantitative estimate of drug-likeness (QED) is 0.207. The highest BCUT2D eigenvalue weighted by Crippen LogP contribution is 2.41. The first kappa shape index (κ1) is 27.4. The smallest absolute Gasteiger partial charge is 0.290 e. The molecule has 0 saturated carbocycles. The Balaban J connectivity index is 1.55. The monoisotopic (exact) mass is 545 g/mol. The number of carbonyl (C=O) groups excluding carboxylic acids is 1. The van der Waals surface area contributed by atoms with Crippen LogP contribution in [0, 0.1) is 5.82 Å². The van der Waals surface area contributed by atoms with E-state index in [0.29, 0.717) is 49.8 Å². The van der Waals surface area contributed by atoms with E-state index in [1.54, 1.807) is 17.0 Å². The Morgan fingerprint density at radius 1 is 0.975 bits per heavy atom. The molecule has 1 aliphatic heterocycles. The van der Waals surface area contributed by atoms with Crippen LogP contribution in [0.25, 0.3) is 11.0 Å². The molecule has 0 N–H and O–H groups in total. The highest BCUT2D eigenvalue weighted by Gasteiger charge is 2.42. The van der Waals surface area contributed by atoms with Gasteiger partial charge in [-0.2, -0.15) is 0 Å². The van der Waals surface area contributed by atoms with Crippen molar-refractivity contribution in [3.63, 3.8) is 0 Å². The molecule has 0 saturated heterocycles. The molecule has 7 nitrogen and oxygen atoms in total. The molecule has 0 aliphatic carbocycles. The van der Waals surface area contributed by atoms with Gasteiger partial charge in [0.05, 0.1) is 29.7 Å². The first-order valence-electron chi connectivity index (χ1n) is 13.5. The van der Waals surface area contributed by atoms with E-state index < -0.39 is 23.2 Å². The molecule has 1 amide bonds. The van der Waals surface area contributed by atoms with Crippen LogP contribution in [0.2, 0.25) is 0 Å². The first-order valence-corrected chi connectivity index (χ1v) is 13.5. The van der Waals surface area contributed by atoms with E-state index in [9.17, 15) is 14.0 Å². The fourth-order valence-electron chi connectivity index (χ4n) is 4.94. The van der Waals surface area contributed by atoms with Crippen LogP contribution >= 0.6 is 0 Å². The molecule has 1 unspecified atom stereocenters. The van der Waals surface area contributed by atoms with E-state index in [4.69, 9.17) is 18.6 Å². The second kappa shape index (κ2) is 11.9. The van der Waals surface area contributed by atoms with Crippen molar-refractivity contribution < 1.29 is 27.8 Å². The van der Waals surface area contributed by atoms with Crippen LogP contribution in [0.3, 0.4) is 0 Å². The number of nitrogens with zero attached hydrogens (tertiary/aromatic N) is 1. The molecule has 0 bridgehead atoms. The molecule has 0 fully saturated rings. The number of rotatable bonds is 11. The second-order valence-corrected chi connectivity index (χ2v) is 9.90. The van der Waals surface area contributed by atoms with Crippen molar-refractivity contribution in [1.29, 1.82) is 0 Å². The van der Waals surface area contributed by atoms with E-state index in [2.05, 4.69) is 0 Å². The zero-order valence-electron chi connectivity index (χ0n) is 22.8. The number of hydrogen-bond donors (Lipinski definition) is 0. The average Bonchev–Trinajstić information content (AvgIpc) is 3.23. The summed E-state index contributed by atoms with van der Waals surface area (Å²) in [6, 6.07) is 18.2. The predicted molar refractivity (Wildman–Crippen MR) is 149 cm³/mol. The molecular weight excluding hydrogens is 513 g/mol. The number of halogens is 1. The van der Waals surface area contributed by atoms with Crippen LogP contribution in [-0.2, 0) is 11.3 Å². The maximum absolute atomic E-state index is 14.1. The van der Waals surface area contributed by atoms with Gasteiger partial charge in [-0.15, -0.1) is 0 Å². The van der Waals surface area contributed by atoms with Gasteiger partial charge in [0.15, 0.2) is 16.9 Å². The van der Waals surface area contributed by atoms with Crippen molar-refractivity contribution in [3.8, 4) is 11.5 Å². The molecule has 3 aromatic carbocycles. The SMILES string of the molecule is CCOc1cc(C2c3c(oc4ccc(F)cc4c3=O)C(=O)N2CCCOC(C)C)ccc1OCc1ccccc1. The summed E-state index contributed by atoms with van der Waals surface area (Å²) < 4.78 is 37.7. The topological polar surface area (TPSA) is 78.2 Å². The molecule has 4 aromatic rings. The van der Waals surface area contributed by atoms with Gasteiger partial charge in [-0.3, -0.25) is 9.59 Å². The minimum atomic E-state index is -0.743. The second-order valence-electron chi connectivity index (χ2n) is 9.90. The van der Waals surface area contributed by atoms with Gasteiger partial charge in [0.25, 0.3) is 5.91 Å². The molecule has 2 heterocycles. The molecule has 1 atom stereocenters. The van der Waals surface area contributed by atoms with Gasteiger partial charge in [0.2, 0.25) is 5.76 Å². The number of fused-ring (bicyclic) bond motifs is 2. The lowest BCUT2D eigenvalue weighted by Crippen LogP contribution is -2.31. The van der Waals surface area contributed by atoms with Gasteiger partial charge < -0.3 is 23.5 Å². The largest absolute Gasteiger partial charge is 0.490 e. The standard InChI is InChI=1S/C32H32FNO6/c1-4-37-27-17-22(11-13-26(27)39-19-21-9-6-5-7-10-21)29-28-30(35)24-18-23(33)12-14-25(24)40-31(28)32(36)34(29)15-8-16-38-20(2)3/h5-7,9-14,17-18,20,29H,4,8,15-16,19H2,1-3H3. The Bertz CT molecular complexity index is 1570. The Labute approximate surface area is 232 Å². The molecular formula is C32H32FNO6. The summed E-state index contributed by atoms with van der Waals surface area (Å²) in [6.45, 7) is 7.31. The van der Waals surface area contributed by atoms with E-state index in [-0.39, 0.29) is 28.4 Å². The minimum absolute atomic E-state index is 0.0266. The van der Waals surface area contributed by atoms with Gasteiger partial charge in [-0.25, -0.2) is 4.39 Å². The van der Waals surface area contributed by atoms with Crippen molar-refractivity contribution in [2.45, 2.75) is 45.9 Å². The normalized spacial score (nSPS) is 14.7. The lowest BCUT2D eigenvalue weighted by molar-refractivity contribution is 0.0593. The van der Waals surface area contributed by atoms with Crippen LogP contribution in [0.1, 0.15) is 60.5 Å². The van der Waals surface area contributed by atoms with E-state index in [1.807, 2.05) is 57.2 Å². The maximum atomic E-state index is 14.1. The number of hydrogen-bond acceptors (Lipinski definition) is 6. The maximum Gasteiger partial charge on any atom is 0.290 e. The predicted octanol–water partition coefficient (Wildman–Crippen LogP) is 6.27. The van der Waals surface area contributed by atoms with Gasteiger partial charge in [-0.05, 0) is 68.7 Å². The number of amides is 1. The van der Waals surface area contributed by atoms with E-state index in [0.717, 1.165) is 11.6 Å². The van der Waals surface area contributed by atoms with Crippen LogP contribution in [0.5, 0.6) is 11.5 Å². The molecule has 40 heavy (non-hydrogen) atoms. The molecule has 8 heteroatoms. The summed E-state index contributed by atoms with van der Waals surface area (Å²) >= 11 is 0. The minimum Gasteiger partial charge on any atom is -0.490 e. The van der Waals surface area contributed by atoms with E-state index in [1.165, 1.54) is 12.1 Å². The van der Waals surface area contributed by atoms with Crippen molar-refractivity contribution in [3.05, 3.63) is 105 Å². The number of ether oxygens (including phenoxy) is 3. The lowest BCUT2D eigenvalue weighted by atomic mass is 9.98. The molecule has 1 aromatic heterocycles. The van der Waals surface area contributed by atoms with Crippen molar-refractivity contribution in [2.75, 3.05) is 19.8 Å². The van der Waals surface area contributed by atoms with E-state index >= 15 is 0 Å². The first-order chi connectivity index (χ1) is 19.4. The van der Waals surface area contributed by atoms with Crippen LogP contribution in [0.15, 0.2) is 75.9 Å². The van der Waals surface area contributed by atoms with Gasteiger partial charge in [-0.1, -0.05) is 36.4 Å². The third-order valence-corrected chi connectivity index (χ3v) is 6.74. The van der Waals surface area contributed by atoms with Crippen LogP contribution < -0.4 is 14.9 Å². The zero-order chi connectivity index (χ0) is 28.2. The zero-order valence-corrected chi connectivity index (χ0v) is 22.8. The Kier molecular flexibility index (Phi) is 8.16. The Hall–Kier alpha value is -4.17. The van der Waals surface area contributed by atoms with Gasteiger partial charge >= 0.3 is 0 Å². The summed E-state index contributed by atoms with van der Waals surface area (Å²) in [5.74, 6) is 0.0676. The van der Waals surface area contributed by atoms with Crippen LogP contribution in [-0.4, -0.2) is 36.7 Å². The third kappa shape index (κ3) is 5.58. The summed E-state index contributed by atoms with van der Waals surface area (Å²) in [4.78, 5) is 29.0. The molecule has 0 spiro atoms. The molecule has 208 valence electrons. The average molecular weight is 546 g/mol. The highest BCUT2D eigenvalue weighted by atomic mass is 19.1. The fourth-order valence-corrected chi connectivity index (χ4v) is 4.94. The van der Waals surface area contributed by atoms with Crippen molar-refractivity contribution >= 4 is 16.9 Å². The summed E-state index contributed by atoms with van der Waals surface area (Å²) in [5, 5.41) is 0.0920. The van der Waals surface area contributed by atoms with Gasteiger partial charge in [0.1, 0.15) is 18.0 Å². The van der Waals surface area contributed by atoms with Gasteiger partial charge in [0, 0.05) is 13.2 Å². The van der Waals surface area contributed by atoms with Crippen molar-refractivity contribution in [1.82, 2.24) is 4.90 Å². The third-order valence-electron chi connectivity index (χ3n) is 6.74. The van der Waals surface area contributed by atoms with Crippen LogP contribution in [0.4, 0.5) is 4.39 Å². The molecule has 5 rings (SSSR count). The molecule has 1 aliphatic rings. The Morgan fingerprint density at radius 2 is 1.77 bits per heavy atom. The number of carbonyl (C=O) groups is 1. The summed E-state index contributed by atoms with van der Waals surface area (Å²) in [7, 11) is 0. The van der Waals surface area contributed by atoms with Crippen molar-refractivity contribution in [2.24, 2.45) is 0 Å². The highest BCUT2D eigenvalue weighted by molar-refractivity contribution is 5.99.